The summed E-state index contributed by atoms with van der Waals surface area (Å²) < 4.78 is 5.54. The number of ether oxygens (including phenoxy) is 1. The van der Waals surface area contributed by atoms with E-state index in [9.17, 15) is 5.11 Å². The molecule has 64 valence electrons. The monoisotopic (exact) mass is 156 g/mol. The van der Waals surface area contributed by atoms with E-state index in [2.05, 4.69) is 0 Å². The van der Waals surface area contributed by atoms with Crippen LogP contribution >= 0.6 is 0 Å². The van der Waals surface area contributed by atoms with Gasteiger partial charge >= 0.3 is 0 Å². The maximum atomic E-state index is 9.19. The first-order chi connectivity index (χ1) is 5.36. The molecule has 2 atom stereocenters. The molecule has 0 bridgehead atoms. The summed E-state index contributed by atoms with van der Waals surface area (Å²) in [6, 6.07) is 0. The maximum Gasteiger partial charge on any atom is 0.0835 e. The summed E-state index contributed by atoms with van der Waals surface area (Å²) in [6.45, 7) is 0.891. The first kappa shape index (κ1) is 7.56. The molecule has 2 saturated carbocycles. The van der Waals surface area contributed by atoms with Crippen LogP contribution in [0.15, 0.2) is 0 Å². The molecule has 2 nitrogen and oxygen atoms in total. The van der Waals surface area contributed by atoms with Crippen molar-refractivity contribution in [1.29, 1.82) is 0 Å². The molecule has 0 unspecified atom stereocenters. The van der Waals surface area contributed by atoms with Crippen molar-refractivity contribution in [2.24, 2.45) is 5.92 Å². The normalized spacial score (nSPS) is 37.9. The predicted molar refractivity (Wildman–Crippen MR) is 42.3 cm³/mol. The lowest BCUT2D eigenvalue weighted by Gasteiger charge is -2.35. The molecular formula is C9H16O2. The molecule has 2 fully saturated rings. The summed E-state index contributed by atoms with van der Waals surface area (Å²) in [5.41, 5.74) is 0. The molecule has 2 heteroatoms. The first-order valence-electron chi connectivity index (χ1n) is 4.66. The summed E-state index contributed by atoms with van der Waals surface area (Å²) in [4.78, 5) is 0. The molecule has 11 heavy (non-hydrogen) atoms. The largest absolute Gasteiger partial charge is 0.390 e. The van der Waals surface area contributed by atoms with E-state index in [0.29, 0.717) is 0 Å². The summed E-state index contributed by atoms with van der Waals surface area (Å²) >= 11 is 0. The third-order valence-corrected chi connectivity index (χ3v) is 2.95. The molecule has 0 radical (unpaired) electrons. The molecule has 0 aliphatic heterocycles. The minimum absolute atomic E-state index is 0.157. The second kappa shape index (κ2) is 3.11. The Kier molecular flexibility index (Phi) is 2.14. The van der Waals surface area contributed by atoms with Crippen LogP contribution in [-0.4, -0.2) is 23.9 Å². The van der Waals surface area contributed by atoms with E-state index in [1.54, 1.807) is 0 Å². The molecule has 0 aromatic rings. The number of hydrogen-bond acceptors (Lipinski definition) is 2. The Hall–Kier alpha value is -0.0800. The summed E-state index contributed by atoms with van der Waals surface area (Å²) in [7, 11) is 0. The lowest BCUT2D eigenvalue weighted by molar-refractivity contribution is -0.110. The van der Waals surface area contributed by atoms with Crippen LogP contribution in [-0.2, 0) is 4.74 Å². The van der Waals surface area contributed by atoms with Gasteiger partial charge in [-0.3, -0.25) is 0 Å². The van der Waals surface area contributed by atoms with Crippen LogP contribution in [0.5, 0.6) is 0 Å². The van der Waals surface area contributed by atoms with Crippen molar-refractivity contribution in [2.45, 2.75) is 44.3 Å². The van der Waals surface area contributed by atoms with Gasteiger partial charge in [-0.15, -0.1) is 0 Å². The summed E-state index contributed by atoms with van der Waals surface area (Å²) in [5, 5.41) is 9.19. The fourth-order valence-electron chi connectivity index (χ4n) is 1.57. The molecule has 0 aromatic heterocycles. The molecule has 2 rings (SSSR count). The highest BCUT2D eigenvalue weighted by Gasteiger charge is 2.30. The molecule has 0 amide bonds. The van der Waals surface area contributed by atoms with Crippen LogP contribution in [0.3, 0.4) is 0 Å². The Bertz CT molecular complexity index is 132. The molecule has 2 aliphatic rings. The van der Waals surface area contributed by atoms with E-state index in [0.717, 1.165) is 25.4 Å². The van der Waals surface area contributed by atoms with Gasteiger partial charge in [0.15, 0.2) is 0 Å². The maximum absolute atomic E-state index is 9.19. The van der Waals surface area contributed by atoms with E-state index in [-0.39, 0.29) is 12.2 Å². The second-order valence-corrected chi connectivity index (χ2v) is 3.81. The van der Waals surface area contributed by atoms with Gasteiger partial charge in [-0.2, -0.15) is 0 Å². The van der Waals surface area contributed by atoms with Crippen molar-refractivity contribution < 1.29 is 9.84 Å². The Labute approximate surface area is 67.6 Å². The number of hydrogen-bond donors (Lipinski definition) is 1. The highest BCUT2D eigenvalue weighted by molar-refractivity contribution is 4.81. The SMILES string of the molecule is O[C@@H]1CC[C@H]1OCC1CCC1. The van der Waals surface area contributed by atoms with Crippen LogP contribution in [0, 0.1) is 5.92 Å². The standard InChI is InChI=1S/C9H16O2/c10-8-4-5-9(8)11-6-7-2-1-3-7/h7-10H,1-6H2/t8-,9-/m1/s1. The van der Waals surface area contributed by atoms with Gasteiger partial charge in [0.25, 0.3) is 0 Å². The van der Waals surface area contributed by atoms with E-state index < -0.39 is 0 Å². The summed E-state index contributed by atoms with van der Waals surface area (Å²) in [5.74, 6) is 0.808. The van der Waals surface area contributed by atoms with Gasteiger partial charge in [0, 0.05) is 6.61 Å². The van der Waals surface area contributed by atoms with Gasteiger partial charge in [-0.25, -0.2) is 0 Å². The summed E-state index contributed by atoms with van der Waals surface area (Å²) in [6.07, 6.45) is 6.07. The fourth-order valence-corrected chi connectivity index (χ4v) is 1.57. The van der Waals surface area contributed by atoms with Crippen LogP contribution < -0.4 is 0 Å². The van der Waals surface area contributed by atoms with E-state index in [1.165, 1.54) is 19.3 Å². The fraction of sp³-hybridized carbons (Fsp3) is 1.00. The van der Waals surface area contributed by atoms with Gasteiger partial charge in [0.05, 0.1) is 12.2 Å². The zero-order valence-electron chi connectivity index (χ0n) is 6.83. The number of aliphatic hydroxyl groups excluding tert-OH is 1. The Morgan fingerprint density at radius 3 is 2.36 bits per heavy atom. The third kappa shape index (κ3) is 1.57. The van der Waals surface area contributed by atoms with E-state index in [1.807, 2.05) is 0 Å². The predicted octanol–water partition coefficient (Wildman–Crippen LogP) is 1.33. The van der Waals surface area contributed by atoms with Gasteiger partial charge in [0.1, 0.15) is 0 Å². The van der Waals surface area contributed by atoms with Crippen LogP contribution in [0.2, 0.25) is 0 Å². The third-order valence-electron chi connectivity index (χ3n) is 2.95. The first-order valence-corrected chi connectivity index (χ1v) is 4.66. The van der Waals surface area contributed by atoms with Crippen molar-refractivity contribution >= 4 is 0 Å². The van der Waals surface area contributed by atoms with E-state index >= 15 is 0 Å². The second-order valence-electron chi connectivity index (χ2n) is 3.81. The van der Waals surface area contributed by atoms with Crippen molar-refractivity contribution in [3.05, 3.63) is 0 Å². The Morgan fingerprint density at radius 2 is 2.00 bits per heavy atom. The molecule has 0 spiro atoms. The van der Waals surface area contributed by atoms with Crippen molar-refractivity contribution in [3.63, 3.8) is 0 Å². The Morgan fingerprint density at radius 1 is 1.18 bits per heavy atom. The molecular weight excluding hydrogens is 140 g/mol. The van der Waals surface area contributed by atoms with E-state index in [4.69, 9.17) is 4.74 Å². The molecule has 2 aliphatic carbocycles. The smallest absolute Gasteiger partial charge is 0.0835 e. The topological polar surface area (TPSA) is 29.5 Å². The van der Waals surface area contributed by atoms with Crippen LogP contribution in [0.4, 0.5) is 0 Å². The van der Waals surface area contributed by atoms with Crippen molar-refractivity contribution in [3.8, 4) is 0 Å². The van der Waals surface area contributed by atoms with Crippen molar-refractivity contribution in [1.82, 2.24) is 0 Å². The molecule has 0 saturated heterocycles. The number of aliphatic hydroxyl groups is 1. The average Bonchev–Trinajstić information content (AvgIpc) is 1.91. The molecule has 0 aromatic carbocycles. The van der Waals surface area contributed by atoms with Crippen molar-refractivity contribution in [2.75, 3.05) is 6.61 Å². The van der Waals surface area contributed by atoms with Crippen LogP contribution in [0.1, 0.15) is 32.1 Å². The zero-order valence-corrected chi connectivity index (χ0v) is 6.83. The van der Waals surface area contributed by atoms with Gasteiger partial charge < -0.3 is 9.84 Å². The lowest BCUT2D eigenvalue weighted by atomic mass is 9.86. The minimum atomic E-state index is -0.157. The highest BCUT2D eigenvalue weighted by atomic mass is 16.5. The average molecular weight is 156 g/mol. The van der Waals surface area contributed by atoms with Gasteiger partial charge in [0.2, 0.25) is 0 Å². The van der Waals surface area contributed by atoms with Gasteiger partial charge in [-0.1, -0.05) is 6.42 Å². The lowest BCUT2D eigenvalue weighted by Crippen LogP contribution is -2.40. The minimum Gasteiger partial charge on any atom is -0.390 e. The van der Waals surface area contributed by atoms with Gasteiger partial charge in [-0.05, 0) is 31.6 Å². The highest BCUT2D eigenvalue weighted by Crippen LogP contribution is 2.29. The quantitative estimate of drug-likeness (QED) is 0.668. The molecule has 1 N–H and O–H groups in total. The van der Waals surface area contributed by atoms with Crippen LogP contribution in [0.25, 0.3) is 0 Å². The Balaban J connectivity index is 1.58. The zero-order chi connectivity index (χ0) is 7.68. The number of rotatable bonds is 3. The molecule has 0 heterocycles.